The Hall–Kier alpha value is -1.06. The van der Waals surface area contributed by atoms with Crippen LogP contribution in [0.5, 0.6) is 0 Å². The number of likely N-dealkylation sites (tertiary alicyclic amines) is 1. The lowest BCUT2D eigenvalue weighted by Crippen LogP contribution is -2.36. The SMILES string of the molecule is CCCCOC(=O)CN1CCC(C(C)(C)C)CCC1=O. The fourth-order valence-corrected chi connectivity index (χ4v) is 2.60. The molecule has 0 saturated carbocycles. The number of unbranched alkanes of at least 4 members (excludes halogenated alkanes) is 1. The van der Waals surface area contributed by atoms with E-state index in [4.69, 9.17) is 4.74 Å². The van der Waals surface area contributed by atoms with E-state index < -0.39 is 0 Å². The van der Waals surface area contributed by atoms with Gasteiger partial charge >= 0.3 is 5.97 Å². The van der Waals surface area contributed by atoms with Gasteiger partial charge in [0.1, 0.15) is 6.54 Å². The number of esters is 1. The molecule has 0 aliphatic carbocycles. The lowest BCUT2D eigenvalue weighted by Gasteiger charge is -2.29. The molecule has 1 rings (SSSR count). The van der Waals surface area contributed by atoms with Gasteiger partial charge in [-0.05, 0) is 30.6 Å². The average Bonchev–Trinajstić information content (AvgIpc) is 2.52. The van der Waals surface area contributed by atoms with Crippen LogP contribution in [0, 0.1) is 11.3 Å². The zero-order valence-corrected chi connectivity index (χ0v) is 13.4. The monoisotopic (exact) mass is 283 g/mol. The van der Waals surface area contributed by atoms with Crippen molar-refractivity contribution in [3.8, 4) is 0 Å². The molecule has 1 saturated heterocycles. The van der Waals surface area contributed by atoms with Gasteiger partial charge in [0.05, 0.1) is 6.61 Å². The number of nitrogens with zero attached hydrogens (tertiary/aromatic N) is 1. The van der Waals surface area contributed by atoms with Gasteiger partial charge in [-0.3, -0.25) is 9.59 Å². The Bertz CT molecular complexity index is 333. The first-order valence-electron chi connectivity index (χ1n) is 7.78. The van der Waals surface area contributed by atoms with Crippen molar-refractivity contribution in [2.24, 2.45) is 11.3 Å². The van der Waals surface area contributed by atoms with Gasteiger partial charge in [0.2, 0.25) is 5.91 Å². The van der Waals surface area contributed by atoms with E-state index in [9.17, 15) is 9.59 Å². The number of ether oxygens (including phenoxy) is 1. The molecule has 1 aliphatic heterocycles. The second-order valence-corrected chi connectivity index (χ2v) is 6.78. The third-order valence-electron chi connectivity index (χ3n) is 4.11. The van der Waals surface area contributed by atoms with E-state index >= 15 is 0 Å². The highest BCUT2D eigenvalue weighted by atomic mass is 16.5. The second kappa shape index (κ2) is 7.65. The van der Waals surface area contributed by atoms with E-state index in [1.54, 1.807) is 4.90 Å². The van der Waals surface area contributed by atoms with Crippen LogP contribution in [0.1, 0.15) is 59.8 Å². The third-order valence-corrected chi connectivity index (χ3v) is 4.11. The molecular weight excluding hydrogens is 254 g/mol. The van der Waals surface area contributed by atoms with Gasteiger partial charge in [-0.25, -0.2) is 0 Å². The van der Waals surface area contributed by atoms with Gasteiger partial charge in [0, 0.05) is 13.0 Å². The Balaban J connectivity index is 2.46. The lowest BCUT2D eigenvalue weighted by molar-refractivity contribution is -0.149. The summed E-state index contributed by atoms with van der Waals surface area (Å²) in [5.74, 6) is 0.345. The Morgan fingerprint density at radius 3 is 2.65 bits per heavy atom. The van der Waals surface area contributed by atoms with E-state index in [1.807, 2.05) is 0 Å². The van der Waals surface area contributed by atoms with Crippen LogP contribution in [0.15, 0.2) is 0 Å². The van der Waals surface area contributed by atoms with Crippen LogP contribution < -0.4 is 0 Å². The highest BCUT2D eigenvalue weighted by molar-refractivity contribution is 5.82. The van der Waals surface area contributed by atoms with Crippen molar-refractivity contribution in [2.45, 2.75) is 59.8 Å². The molecule has 116 valence electrons. The van der Waals surface area contributed by atoms with Gasteiger partial charge in [-0.2, -0.15) is 0 Å². The normalized spacial score (nSPS) is 20.7. The maximum Gasteiger partial charge on any atom is 0.325 e. The molecule has 1 heterocycles. The molecule has 1 fully saturated rings. The maximum absolute atomic E-state index is 12.1. The Morgan fingerprint density at radius 2 is 2.05 bits per heavy atom. The summed E-state index contributed by atoms with van der Waals surface area (Å²) in [7, 11) is 0. The number of carbonyl (C=O) groups is 2. The lowest BCUT2D eigenvalue weighted by atomic mass is 9.77. The Kier molecular flexibility index (Phi) is 6.50. The van der Waals surface area contributed by atoms with E-state index in [0.717, 1.165) is 25.7 Å². The Labute approximate surface area is 122 Å². The number of amides is 1. The summed E-state index contributed by atoms with van der Waals surface area (Å²) in [4.78, 5) is 25.4. The van der Waals surface area contributed by atoms with Crippen LogP contribution in [0.2, 0.25) is 0 Å². The molecule has 0 aromatic rings. The third kappa shape index (κ3) is 5.51. The van der Waals surface area contributed by atoms with Crippen molar-refractivity contribution in [3.63, 3.8) is 0 Å². The molecule has 0 bridgehead atoms. The molecule has 1 atom stereocenters. The largest absolute Gasteiger partial charge is 0.464 e. The summed E-state index contributed by atoms with van der Waals surface area (Å²) in [6, 6.07) is 0. The van der Waals surface area contributed by atoms with E-state index in [1.165, 1.54) is 0 Å². The van der Waals surface area contributed by atoms with Crippen LogP contribution in [-0.2, 0) is 14.3 Å². The van der Waals surface area contributed by atoms with Gasteiger partial charge in [-0.1, -0.05) is 34.1 Å². The number of carbonyl (C=O) groups excluding carboxylic acids is 2. The topological polar surface area (TPSA) is 46.6 Å². The molecule has 0 spiro atoms. The molecule has 20 heavy (non-hydrogen) atoms. The molecule has 4 nitrogen and oxygen atoms in total. The fraction of sp³-hybridized carbons (Fsp3) is 0.875. The molecule has 0 aromatic carbocycles. The minimum absolute atomic E-state index is 0.0872. The molecule has 1 aliphatic rings. The number of rotatable bonds is 5. The molecule has 1 unspecified atom stereocenters. The summed E-state index contributed by atoms with van der Waals surface area (Å²) < 4.78 is 5.14. The van der Waals surface area contributed by atoms with Crippen molar-refractivity contribution in [1.29, 1.82) is 0 Å². The second-order valence-electron chi connectivity index (χ2n) is 6.78. The molecule has 1 amide bonds. The van der Waals surface area contributed by atoms with Crippen LogP contribution in [0.4, 0.5) is 0 Å². The highest BCUT2D eigenvalue weighted by Gasteiger charge is 2.30. The summed E-state index contributed by atoms with van der Waals surface area (Å²) in [5, 5.41) is 0. The molecule has 0 N–H and O–H groups in total. The summed E-state index contributed by atoms with van der Waals surface area (Å²) >= 11 is 0. The van der Waals surface area contributed by atoms with Gasteiger partial charge in [-0.15, -0.1) is 0 Å². The van der Waals surface area contributed by atoms with Crippen molar-refractivity contribution < 1.29 is 14.3 Å². The zero-order chi connectivity index (χ0) is 15.2. The predicted molar refractivity (Wildman–Crippen MR) is 79.2 cm³/mol. The minimum Gasteiger partial charge on any atom is -0.464 e. The standard InChI is InChI=1S/C16H29NO3/c1-5-6-11-20-15(19)12-17-10-9-13(16(2,3)4)7-8-14(17)18/h13H,5-12H2,1-4H3. The maximum atomic E-state index is 12.1. The van der Waals surface area contributed by atoms with Crippen molar-refractivity contribution in [1.82, 2.24) is 4.90 Å². The predicted octanol–water partition coefficient (Wildman–Crippen LogP) is 3.00. The van der Waals surface area contributed by atoms with Crippen LogP contribution in [-0.4, -0.2) is 36.5 Å². The van der Waals surface area contributed by atoms with Crippen molar-refractivity contribution in [3.05, 3.63) is 0 Å². The van der Waals surface area contributed by atoms with Crippen LogP contribution in [0.25, 0.3) is 0 Å². The van der Waals surface area contributed by atoms with Crippen LogP contribution in [0.3, 0.4) is 0 Å². The van der Waals surface area contributed by atoms with Crippen molar-refractivity contribution in [2.75, 3.05) is 19.7 Å². The first-order valence-corrected chi connectivity index (χ1v) is 7.78. The summed E-state index contributed by atoms with van der Waals surface area (Å²) in [6.07, 6.45) is 4.32. The number of hydrogen-bond acceptors (Lipinski definition) is 3. The number of hydrogen-bond donors (Lipinski definition) is 0. The van der Waals surface area contributed by atoms with Gasteiger partial charge in [0.15, 0.2) is 0 Å². The molecule has 0 aromatic heterocycles. The fourth-order valence-electron chi connectivity index (χ4n) is 2.60. The van der Waals surface area contributed by atoms with E-state index in [-0.39, 0.29) is 23.8 Å². The first kappa shape index (κ1) is 17.0. The van der Waals surface area contributed by atoms with Gasteiger partial charge in [0.25, 0.3) is 0 Å². The molecular formula is C16H29NO3. The smallest absolute Gasteiger partial charge is 0.325 e. The zero-order valence-electron chi connectivity index (χ0n) is 13.4. The minimum atomic E-state index is -0.277. The van der Waals surface area contributed by atoms with Gasteiger partial charge < -0.3 is 9.64 Å². The quantitative estimate of drug-likeness (QED) is 0.575. The molecule has 0 radical (unpaired) electrons. The first-order chi connectivity index (χ1) is 9.34. The highest BCUT2D eigenvalue weighted by Crippen LogP contribution is 2.34. The van der Waals surface area contributed by atoms with E-state index in [2.05, 4.69) is 27.7 Å². The Morgan fingerprint density at radius 1 is 1.35 bits per heavy atom. The van der Waals surface area contributed by atoms with Crippen molar-refractivity contribution >= 4 is 11.9 Å². The molecule has 4 heteroatoms. The average molecular weight is 283 g/mol. The summed E-state index contributed by atoms with van der Waals surface area (Å²) in [6.45, 7) is 9.95. The summed E-state index contributed by atoms with van der Waals surface area (Å²) in [5.41, 5.74) is 0.220. The van der Waals surface area contributed by atoms with Crippen LogP contribution >= 0.6 is 0 Å². The van der Waals surface area contributed by atoms with E-state index in [0.29, 0.717) is 25.5 Å².